The van der Waals surface area contributed by atoms with Gasteiger partial charge in [0.25, 0.3) is 0 Å². The van der Waals surface area contributed by atoms with E-state index in [9.17, 15) is 0 Å². The van der Waals surface area contributed by atoms with Crippen LogP contribution in [-0.2, 0) is 6.42 Å². The second-order valence-electron chi connectivity index (χ2n) is 5.20. The summed E-state index contributed by atoms with van der Waals surface area (Å²) >= 11 is 0. The van der Waals surface area contributed by atoms with E-state index in [0.717, 1.165) is 30.6 Å². The van der Waals surface area contributed by atoms with Gasteiger partial charge in [0.05, 0.1) is 19.9 Å². The Labute approximate surface area is 118 Å². The lowest BCUT2D eigenvalue weighted by atomic mass is 9.92. The molecule has 0 atom stereocenters. The lowest BCUT2D eigenvalue weighted by Gasteiger charge is -2.21. The van der Waals surface area contributed by atoms with Crippen LogP contribution in [0, 0.1) is 5.92 Å². The van der Waals surface area contributed by atoms with Crippen LogP contribution in [-0.4, -0.2) is 32.5 Å². The summed E-state index contributed by atoms with van der Waals surface area (Å²) in [4.78, 5) is 0. The maximum absolute atomic E-state index is 5.48. The molecule has 0 unspecified atom stereocenters. The van der Waals surface area contributed by atoms with Gasteiger partial charge in [-0.3, -0.25) is 0 Å². The van der Waals surface area contributed by atoms with Crippen molar-refractivity contribution in [1.29, 1.82) is 0 Å². The van der Waals surface area contributed by atoms with Crippen LogP contribution in [0.1, 0.15) is 18.5 Å². The molecule has 0 amide bonds. The number of ether oxygens (including phenoxy) is 2. The average Bonchev–Trinajstić information content (AvgIpc) is 2.90. The molecule has 5 nitrogen and oxygen atoms in total. The van der Waals surface area contributed by atoms with E-state index in [2.05, 4.69) is 10.5 Å². The van der Waals surface area contributed by atoms with Crippen molar-refractivity contribution >= 4 is 11.0 Å². The third kappa shape index (κ3) is 2.33. The molecule has 108 valence electrons. The van der Waals surface area contributed by atoms with Gasteiger partial charge in [0.2, 0.25) is 11.3 Å². The Bertz CT molecular complexity index is 588. The number of aromatic nitrogens is 1. The van der Waals surface area contributed by atoms with Crippen LogP contribution in [0.25, 0.3) is 11.0 Å². The third-order valence-corrected chi connectivity index (χ3v) is 4.00. The zero-order valence-corrected chi connectivity index (χ0v) is 11.9. The molecule has 1 aliphatic rings. The van der Waals surface area contributed by atoms with Crippen LogP contribution in [0.4, 0.5) is 0 Å². The van der Waals surface area contributed by atoms with Crippen LogP contribution >= 0.6 is 0 Å². The molecular weight excluding hydrogens is 256 g/mol. The molecule has 1 fully saturated rings. The molecule has 2 heterocycles. The fraction of sp³-hybridized carbons (Fsp3) is 0.533. The fourth-order valence-electron chi connectivity index (χ4n) is 2.87. The van der Waals surface area contributed by atoms with Gasteiger partial charge in [-0.15, -0.1) is 0 Å². The summed E-state index contributed by atoms with van der Waals surface area (Å²) in [5, 5.41) is 8.66. The Hall–Kier alpha value is -1.75. The first kappa shape index (κ1) is 13.2. The number of benzene rings is 1. The molecule has 5 heteroatoms. The van der Waals surface area contributed by atoms with Gasteiger partial charge in [0.1, 0.15) is 0 Å². The molecule has 20 heavy (non-hydrogen) atoms. The van der Waals surface area contributed by atoms with Gasteiger partial charge < -0.3 is 19.3 Å². The smallest absolute Gasteiger partial charge is 0.212 e. The number of rotatable bonds is 4. The SMILES string of the molecule is COc1ccc2c(CC3CCNCC3)noc2c1OC. The zero-order chi connectivity index (χ0) is 13.9. The number of nitrogens with zero attached hydrogens (tertiary/aromatic N) is 1. The number of piperidine rings is 1. The van der Waals surface area contributed by atoms with Gasteiger partial charge in [-0.05, 0) is 50.4 Å². The normalized spacial score (nSPS) is 16.5. The standard InChI is InChI=1S/C15H20N2O3/c1-18-13-4-3-11-12(9-10-5-7-16-8-6-10)17-20-14(11)15(13)19-2/h3-4,10,16H,5-9H2,1-2H3. The molecule has 0 bridgehead atoms. The summed E-state index contributed by atoms with van der Waals surface area (Å²) < 4.78 is 16.2. The van der Waals surface area contributed by atoms with Crippen molar-refractivity contribution in [2.75, 3.05) is 27.3 Å². The van der Waals surface area contributed by atoms with Crippen molar-refractivity contribution in [2.45, 2.75) is 19.3 Å². The Morgan fingerprint density at radius 1 is 1.25 bits per heavy atom. The van der Waals surface area contributed by atoms with Gasteiger partial charge >= 0.3 is 0 Å². The molecular formula is C15H20N2O3. The Balaban J connectivity index is 1.92. The molecule has 1 aromatic carbocycles. The highest BCUT2D eigenvalue weighted by Gasteiger charge is 2.20. The van der Waals surface area contributed by atoms with Gasteiger partial charge in [0, 0.05) is 5.39 Å². The number of hydrogen-bond acceptors (Lipinski definition) is 5. The summed E-state index contributed by atoms with van der Waals surface area (Å²) in [5.74, 6) is 1.97. The Morgan fingerprint density at radius 3 is 2.75 bits per heavy atom. The van der Waals surface area contributed by atoms with Crippen molar-refractivity contribution in [3.8, 4) is 11.5 Å². The van der Waals surface area contributed by atoms with Crippen LogP contribution in [0.5, 0.6) is 11.5 Å². The first-order valence-corrected chi connectivity index (χ1v) is 7.03. The van der Waals surface area contributed by atoms with Gasteiger partial charge in [0.15, 0.2) is 5.75 Å². The zero-order valence-electron chi connectivity index (χ0n) is 11.9. The molecule has 1 aromatic heterocycles. The van der Waals surface area contributed by atoms with Crippen molar-refractivity contribution in [3.63, 3.8) is 0 Å². The fourth-order valence-corrected chi connectivity index (χ4v) is 2.87. The monoisotopic (exact) mass is 276 g/mol. The van der Waals surface area contributed by atoms with Crippen LogP contribution < -0.4 is 14.8 Å². The number of methoxy groups -OCH3 is 2. The first-order valence-electron chi connectivity index (χ1n) is 7.03. The Kier molecular flexibility index (Phi) is 3.78. The molecule has 1 N–H and O–H groups in total. The topological polar surface area (TPSA) is 56.5 Å². The number of fused-ring (bicyclic) bond motifs is 1. The molecule has 0 aliphatic carbocycles. The molecule has 0 saturated carbocycles. The summed E-state index contributed by atoms with van der Waals surface area (Å²) in [6.07, 6.45) is 3.35. The van der Waals surface area contributed by atoms with E-state index in [0.29, 0.717) is 23.0 Å². The van der Waals surface area contributed by atoms with Crippen molar-refractivity contribution in [3.05, 3.63) is 17.8 Å². The third-order valence-electron chi connectivity index (χ3n) is 4.00. The van der Waals surface area contributed by atoms with Gasteiger partial charge in [-0.2, -0.15) is 0 Å². The van der Waals surface area contributed by atoms with Crippen molar-refractivity contribution < 1.29 is 14.0 Å². The highest BCUT2D eigenvalue weighted by Crippen LogP contribution is 2.37. The predicted molar refractivity (Wildman–Crippen MR) is 76.4 cm³/mol. The summed E-state index contributed by atoms with van der Waals surface area (Å²) in [5.41, 5.74) is 1.70. The second kappa shape index (κ2) is 5.71. The quantitative estimate of drug-likeness (QED) is 0.929. The van der Waals surface area contributed by atoms with Crippen LogP contribution in [0.15, 0.2) is 16.7 Å². The maximum atomic E-state index is 5.48. The lowest BCUT2D eigenvalue weighted by Crippen LogP contribution is -2.28. The predicted octanol–water partition coefficient (Wildman–Crippen LogP) is 2.39. The minimum absolute atomic E-state index is 0.620. The van der Waals surface area contributed by atoms with E-state index in [1.165, 1.54) is 12.8 Å². The van der Waals surface area contributed by atoms with E-state index >= 15 is 0 Å². The van der Waals surface area contributed by atoms with Gasteiger partial charge in [-0.1, -0.05) is 5.16 Å². The minimum Gasteiger partial charge on any atom is -0.493 e. The first-order chi connectivity index (χ1) is 9.83. The molecule has 2 aromatic rings. The molecule has 3 rings (SSSR count). The van der Waals surface area contributed by atoms with E-state index in [4.69, 9.17) is 14.0 Å². The minimum atomic E-state index is 0.620. The molecule has 0 radical (unpaired) electrons. The highest BCUT2D eigenvalue weighted by atomic mass is 16.5. The highest BCUT2D eigenvalue weighted by molar-refractivity contribution is 5.87. The summed E-state index contributed by atoms with van der Waals surface area (Å²) in [6, 6.07) is 3.91. The lowest BCUT2D eigenvalue weighted by molar-refractivity contribution is 0.343. The van der Waals surface area contributed by atoms with Crippen LogP contribution in [0.2, 0.25) is 0 Å². The van der Waals surface area contributed by atoms with Crippen molar-refractivity contribution in [2.24, 2.45) is 5.92 Å². The largest absolute Gasteiger partial charge is 0.493 e. The van der Waals surface area contributed by atoms with E-state index in [-0.39, 0.29) is 0 Å². The summed E-state index contributed by atoms with van der Waals surface area (Å²) in [6.45, 7) is 2.19. The number of nitrogens with one attached hydrogen (secondary N) is 1. The summed E-state index contributed by atoms with van der Waals surface area (Å²) in [7, 11) is 3.24. The molecule has 1 saturated heterocycles. The van der Waals surface area contributed by atoms with Crippen LogP contribution in [0.3, 0.4) is 0 Å². The molecule has 0 spiro atoms. The second-order valence-corrected chi connectivity index (χ2v) is 5.20. The number of hydrogen-bond donors (Lipinski definition) is 1. The Morgan fingerprint density at radius 2 is 2.05 bits per heavy atom. The maximum Gasteiger partial charge on any atom is 0.212 e. The van der Waals surface area contributed by atoms with E-state index in [1.54, 1.807) is 14.2 Å². The van der Waals surface area contributed by atoms with Crippen molar-refractivity contribution in [1.82, 2.24) is 10.5 Å². The molecule has 1 aliphatic heterocycles. The average molecular weight is 276 g/mol. The van der Waals surface area contributed by atoms with Gasteiger partial charge in [-0.25, -0.2) is 0 Å². The van der Waals surface area contributed by atoms with E-state index < -0.39 is 0 Å². The van der Waals surface area contributed by atoms with E-state index in [1.807, 2.05) is 12.1 Å².